The molecule has 1 N–H and O–H groups in total. The van der Waals surface area contributed by atoms with E-state index in [1.807, 2.05) is 18.7 Å². The Morgan fingerprint density at radius 1 is 1.38 bits per heavy atom. The molecule has 4 nitrogen and oxygen atoms in total. The highest BCUT2D eigenvalue weighted by Crippen LogP contribution is 2.42. The maximum absolute atomic E-state index is 11.6. The first kappa shape index (κ1) is 15.6. The predicted molar refractivity (Wildman–Crippen MR) is 84.8 cm³/mol. The Kier molecular flexibility index (Phi) is 4.53. The molecular formula is C16H27NO3S. The summed E-state index contributed by atoms with van der Waals surface area (Å²) in [7, 11) is 0. The van der Waals surface area contributed by atoms with Crippen LogP contribution < -0.4 is 0 Å². The molecule has 21 heavy (non-hydrogen) atoms. The van der Waals surface area contributed by atoms with Gasteiger partial charge in [-0.15, -0.1) is 0 Å². The monoisotopic (exact) mass is 313 g/mol. The van der Waals surface area contributed by atoms with Crippen LogP contribution >= 0.6 is 11.8 Å². The summed E-state index contributed by atoms with van der Waals surface area (Å²) in [5.74, 6) is 1.81. The Hall–Kier alpha value is -0.260. The topological polar surface area (TPSA) is 49.8 Å². The number of aliphatic carboxylic acids is 1. The van der Waals surface area contributed by atoms with Gasteiger partial charge in [0.2, 0.25) is 0 Å². The van der Waals surface area contributed by atoms with Crippen molar-refractivity contribution in [2.24, 2.45) is 5.41 Å². The number of likely N-dealkylation sites (tertiary alicyclic amines) is 1. The highest BCUT2D eigenvalue weighted by Gasteiger charge is 2.47. The summed E-state index contributed by atoms with van der Waals surface area (Å²) < 4.78 is 6.17. The highest BCUT2D eigenvalue weighted by atomic mass is 32.2. The number of carboxylic acids is 1. The van der Waals surface area contributed by atoms with Gasteiger partial charge in [-0.1, -0.05) is 6.92 Å². The van der Waals surface area contributed by atoms with E-state index in [-0.39, 0.29) is 5.60 Å². The summed E-state index contributed by atoms with van der Waals surface area (Å²) in [6, 6.07) is 0.523. The number of nitrogens with zero attached hydrogens (tertiary/aromatic N) is 1. The summed E-state index contributed by atoms with van der Waals surface area (Å²) >= 11 is 2.03. The Morgan fingerprint density at radius 3 is 2.76 bits per heavy atom. The van der Waals surface area contributed by atoms with Crippen molar-refractivity contribution >= 4 is 17.7 Å². The van der Waals surface area contributed by atoms with Crippen LogP contribution in [0.1, 0.15) is 45.4 Å². The molecule has 1 spiro atoms. The molecule has 120 valence electrons. The summed E-state index contributed by atoms with van der Waals surface area (Å²) in [4.78, 5) is 14.1. The van der Waals surface area contributed by atoms with E-state index in [1.54, 1.807) is 0 Å². The van der Waals surface area contributed by atoms with Crippen LogP contribution in [0.2, 0.25) is 0 Å². The van der Waals surface area contributed by atoms with Gasteiger partial charge in [-0.3, -0.25) is 9.69 Å². The smallest absolute Gasteiger partial charge is 0.310 e. The van der Waals surface area contributed by atoms with Crippen LogP contribution in [-0.2, 0) is 9.53 Å². The summed E-state index contributed by atoms with van der Waals surface area (Å²) in [5, 5.41) is 9.57. The zero-order chi connectivity index (χ0) is 14.9. The normalized spacial score (nSPS) is 36.9. The first-order valence-corrected chi connectivity index (χ1v) is 9.44. The molecule has 0 radical (unpaired) electrons. The minimum atomic E-state index is -0.608. The maximum atomic E-state index is 11.6. The van der Waals surface area contributed by atoms with Crippen LogP contribution in [0.3, 0.4) is 0 Å². The molecule has 2 unspecified atom stereocenters. The van der Waals surface area contributed by atoms with Gasteiger partial charge in [-0.05, 0) is 56.6 Å². The van der Waals surface area contributed by atoms with Crippen LogP contribution in [0.15, 0.2) is 0 Å². The Morgan fingerprint density at radius 2 is 2.14 bits per heavy atom. The third-order valence-electron chi connectivity index (χ3n) is 5.90. The Balaban J connectivity index is 1.66. The maximum Gasteiger partial charge on any atom is 0.310 e. The lowest BCUT2D eigenvalue weighted by Gasteiger charge is -2.46. The average Bonchev–Trinajstić information content (AvgIpc) is 2.94. The zero-order valence-corrected chi connectivity index (χ0v) is 13.8. The lowest BCUT2D eigenvalue weighted by atomic mass is 9.83. The zero-order valence-electron chi connectivity index (χ0n) is 13.0. The second-order valence-corrected chi connectivity index (χ2v) is 8.17. The molecule has 3 aliphatic heterocycles. The fraction of sp³-hybridized carbons (Fsp3) is 0.938. The molecule has 0 amide bonds. The Labute approximate surface area is 131 Å². The molecule has 0 aromatic heterocycles. The summed E-state index contributed by atoms with van der Waals surface area (Å²) in [6.07, 6.45) is 6.05. The summed E-state index contributed by atoms with van der Waals surface area (Å²) in [6.45, 7) is 4.53. The molecule has 3 rings (SSSR count). The third-order valence-corrected chi connectivity index (χ3v) is 6.89. The molecule has 0 aromatic carbocycles. The van der Waals surface area contributed by atoms with Crippen molar-refractivity contribution in [1.82, 2.24) is 4.90 Å². The number of thioether (sulfide) groups is 1. The number of rotatable bonds is 3. The standard InChI is InChI=1S/C16H27NO3S/c1-2-15(14(18)19)4-7-17(12-15)13-3-8-20-16(11-13)5-9-21-10-6-16/h13H,2-12H2,1H3,(H,18,19). The van der Waals surface area contributed by atoms with Crippen LogP contribution in [-0.4, -0.2) is 58.8 Å². The number of carboxylic acid groups (broad SMARTS) is 1. The van der Waals surface area contributed by atoms with E-state index in [1.165, 1.54) is 24.3 Å². The molecule has 3 aliphatic rings. The fourth-order valence-corrected chi connectivity index (χ4v) is 5.47. The molecular weight excluding hydrogens is 286 g/mol. The van der Waals surface area contributed by atoms with E-state index in [0.717, 1.165) is 45.4 Å². The first-order valence-electron chi connectivity index (χ1n) is 8.28. The molecule has 0 saturated carbocycles. The molecule has 3 heterocycles. The fourth-order valence-electron chi connectivity index (χ4n) is 4.24. The van der Waals surface area contributed by atoms with E-state index in [0.29, 0.717) is 6.04 Å². The minimum absolute atomic E-state index is 0.0921. The quantitative estimate of drug-likeness (QED) is 0.868. The molecule has 2 atom stereocenters. The third kappa shape index (κ3) is 2.97. The number of carbonyl (C=O) groups is 1. The van der Waals surface area contributed by atoms with Crippen molar-refractivity contribution in [2.45, 2.75) is 57.1 Å². The van der Waals surface area contributed by atoms with Crippen molar-refractivity contribution in [2.75, 3.05) is 31.2 Å². The van der Waals surface area contributed by atoms with Crippen LogP contribution in [0.25, 0.3) is 0 Å². The van der Waals surface area contributed by atoms with Gasteiger partial charge in [0.15, 0.2) is 0 Å². The van der Waals surface area contributed by atoms with Crippen molar-refractivity contribution < 1.29 is 14.6 Å². The van der Waals surface area contributed by atoms with Crippen molar-refractivity contribution in [1.29, 1.82) is 0 Å². The number of hydrogen-bond donors (Lipinski definition) is 1. The van der Waals surface area contributed by atoms with Gasteiger partial charge < -0.3 is 9.84 Å². The minimum Gasteiger partial charge on any atom is -0.481 e. The van der Waals surface area contributed by atoms with Gasteiger partial charge in [0.05, 0.1) is 11.0 Å². The highest BCUT2D eigenvalue weighted by molar-refractivity contribution is 7.99. The van der Waals surface area contributed by atoms with Crippen molar-refractivity contribution in [3.05, 3.63) is 0 Å². The molecule has 0 aliphatic carbocycles. The van der Waals surface area contributed by atoms with Gasteiger partial charge in [0, 0.05) is 19.2 Å². The predicted octanol–water partition coefficient (Wildman–Crippen LogP) is 2.62. The van der Waals surface area contributed by atoms with Gasteiger partial charge in [-0.2, -0.15) is 11.8 Å². The molecule has 3 saturated heterocycles. The number of ether oxygens (including phenoxy) is 1. The van der Waals surface area contributed by atoms with E-state index in [2.05, 4.69) is 4.90 Å². The van der Waals surface area contributed by atoms with E-state index >= 15 is 0 Å². The Bertz CT molecular complexity index is 391. The van der Waals surface area contributed by atoms with Crippen molar-refractivity contribution in [3.8, 4) is 0 Å². The van der Waals surface area contributed by atoms with E-state index in [4.69, 9.17) is 4.74 Å². The van der Waals surface area contributed by atoms with Gasteiger partial charge in [0.25, 0.3) is 0 Å². The first-order chi connectivity index (χ1) is 10.1. The molecule has 3 fully saturated rings. The lowest BCUT2D eigenvalue weighted by Crippen LogP contribution is -2.50. The van der Waals surface area contributed by atoms with Crippen LogP contribution in [0.5, 0.6) is 0 Å². The molecule has 0 bridgehead atoms. The summed E-state index contributed by atoms with van der Waals surface area (Å²) in [5.41, 5.74) is -0.414. The second kappa shape index (κ2) is 6.09. The SMILES string of the molecule is CCC1(C(=O)O)CCN(C2CCOC3(CCSCC3)C2)C1. The molecule has 5 heteroatoms. The van der Waals surface area contributed by atoms with Gasteiger partial charge >= 0.3 is 5.97 Å². The lowest BCUT2D eigenvalue weighted by molar-refractivity contribution is -0.149. The largest absolute Gasteiger partial charge is 0.481 e. The van der Waals surface area contributed by atoms with Crippen LogP contribution in [0, 0.1) is 5.41 Å². The molecule has 0 aromatic rings. The van der Waals surface area contributed by atoms with E-state index < -0.39 is 11.4 Å². The average molecular weight is 313 g/mol. The van der Waals surface area contributed by atoms with Crippen molar-refractivity contribution in [3.63, 3.8) is 0 Å². The van der Waals surface area contributed by atoms with Crippen LogP contribution in [0.4, 0.5) is 0 Å². The number of hydrogen-bond acceptors (Lipinski definition) is 4. The van der Waals surface area contributed by atoms with Gasteiger partial charge in [0.1, 0.15) is 0 Å². The van der Waals surface area contributed by atoms with Gasteiger partial charge in [-0.25, -0.2) is 0 Å². The second-order valence-electron chi connectivity index (χ2n) is 6.95. The van der Waals surface area contributed by atoms with E-state index in [9.17, 15) is 9.90 Å².